The van der Waals surface area contributed by atoms with Gasteiger partial charge in [0.2, 0.25) is 0 Å². The molecule has 3 aromatic rings. The van der Waals surface area contributed by atoms with E-state index in [9.17, 15) is 14.7 Å². The second-order valence-electron chi connectivity index (χ2n) is 7.86. The molecule has 0 spiro atoms. The molecular formula is C25H21Br2IN2O6S. The normalized spacial score (nSPS) is 15.3. The van der Waals surface area contributed by atoms with Crippen molar-refractivity contribution in [2.24, 2.45) is 4.99 Å². The molecule has 0 radical (unpaired) electrons. The Morgan fingerprint density at radius 3 is 2.54 bits per heavy atom. The minimum Gasteiger partial charge on any atom is -0.506 e. The Bertz CT molecular complexity index is 1630. The molecule has 1 aromatic heterocycles. The number of phenolic OH excluding ortho intramolecular Hbond substituents is 1. The monoisotopic (exact) mass is 762 g/mol. The number of thiazole rings is 1. The Hall–Kier alpha value is -2.16. The number of hydrogen-bond acceptors (Lipinski definition) is 8. The van der Waals surface area contributed by atoms with Gasteiger partial charge < -0.3 is 19.3 Å². The van der Waals surface area contributed by atoms with E-state index in [0.29, 0.717) is 45.7 Å². The van der Waals surface area contributed by atoms with Crippen molar-refractivity contribution in [1.29, 1.82) is 0 Å². The number of halogens is 3. The number of methoxy groups -OCH3 is 2. The zero-order valence-electron chi connectivity index (χ0n) is 20.1. The molecule has 0 fully saturated rings. The number of hydrogen-bond donors (Lipinski definition) is 1. The van der Waals surface area contributed by atoms with Crippen molar-refractivity contribution in [3.05, 3.63) is 78.9 Å². The predicted molar refractivity (Wildman–Crippen MR) is 156 cm³/mol. The number of benzene rings is 2. The maximum atomic E-state index is 13.8. The van der Waals surface area contributed by atoms with E-state index in [1.165, 1.54) is 30.1 Å². The van der Waals surface area contributed by atoms with Crippen LogP contribution in [-0.4, -0.2) is 36.5 Å². The second-order valence-corrected chi connectivity index (χ2v) is 11.8. The standard InChI is InChI=1S/C25H21Br2IN2O6S/c1-5-36-24(33)20-11(2)29-25-30(21(20)14-9-17(34-3)18(35-4)10-15(14)27)23(32)19(37-25)7-12-6-13(26)8-16(28)22(12)31/h6-10,21,31H,5H2,1-4H3/b19-7-/t21-/m1/s1. The minimum atomic E-state index is -0.845. The van der Waals surface area contributed by atoms with E-state index >= 15 is 0 Å². The maximum Gasteiger partial charge on any atom is 0.338 e. The molecule has 0 saturated carbocycles. The Kier molecular flexibility index (Phi) is 8.51. The summed E-state index contributed by atoms with van der Waals surface area (Å²) in [6, 6.07) is 6.11. The first-order chi connectivity index (χ1) is 17.6. The molecule has 0 unspecified atom stereocenters. The highest BCUT2D eigenvalue weighted by atomic mass is 127. The lowest BCUT2D eigenvalue weighted by molar-refractivity contribution is -0.139. The number of rotatable bonds is 6. The number of esters is 1. The molecule has 1 atom stereocenters. The number of allylic oxidation sites excluding steroid dienone is 1. The topological polar surface area (TPSA) is 99.4 Å². The molecule has 0 amide bonds. The van der Waals surface area contributed by atoms with Crippen LogP contribution in [0.2, 0.25) is 0 Å². The van der Waals surface area contributed by atoms with Crippen LogP contribution in [0.5, 0.6) is 17.2 Å². The zero-order valence-corrected chi connectivity index (χ0v) is 26.2. The van der Waals surface area contributed by atoms with Crippen molar-refractivity contribution in [2.75, 3.05) is 20.8 Å². The number of nitrogens with zero attached hydrogens (tertiary/aromatic N) is 2. The van der Waals surface area contributed by atoms with Crippen LogP contribution in [0.25, 0.3) is 6.08 Å². The summed E-state index contributed by atoms with van der Waals surface area (Å²) in [6.07, 6.45) is 1.62. The first-order valence-electron chi connectivity index (χ1n) is 10.9. The van der Waals surface area contributed by atoms with Crippen LogP contribution >= 0.6 is 65.8 Å². The van der Waals surface area contributed by atoms with Gasteiger partial charge in [-0.05, 0) is 72.3 Å². The van der Waals surface area contributed by atoms with Crippen molar-refractivity contribution < 1.29 is 24.1 Å². The average Bonchev–Trinajstić information content (AvgIpc) is 3.15. The van der Waals surface area contributed by atoms with E-state index in [-0.39, 0.29) is 23.5 Å². The predicted octanol–water partition coefficient (Wildman–Crippen LogP) is 4.65. The quantitative estimate of drug-likeness (QED) is 0.290. The van der Waals surface area contributed by atoms with E-state index in [2.05, 4.69) is 36.9 Å². The fraction of sp³-hybridized carbons (Fsp3) is 0.240. The van der Waals surface area contributed by atoms with Crippen molar-refractivity contribution in [3.63, 3.8) is 0 Å². The van der Waals surface area contributed by atoms with E-state index in [4.69, 9.17) is 14.2 Å². The summed E-state index contributed by atoms with van der Waals surface area (Å²) in [4.78, 5) is 32.0. The number of aromatic nitrogens is 1. The molecule has 1 N–H and O–H groups in total. The van der Waals surface area contributed by atoms with E-state index in [1.807, 2.05) is 22.6 Å². The molecule has 4 rings (SSSR count). The molecular weight excluding hydrogens is 743 g/mol. The highest BCUT2D eigenvalue weighted by Crippen LogP contribution is 2.40. The van der Waals surface area contributed by atoms with Crippen molar-refractivity contribution >= 4 is 77.8 Å². The van der Waals surface area contributed by atoms with Gasteiger partial charge in [0, 0.05) is 14.5 Å². The van der Waals surface area contributed by atoms with E-state index in [1.54, 1.807) is 44.2 Å². The lowest BCUT2D eigenvalue weighted by atomic mass is 9.95. The first kappa shape index (κ1) is 27.9. The van der Waals surface area contributed by atoms with E-state index < -0.39 is 12.0 Å². The highest BCUT2D eigenvalue weighted by molar-refractivity contribution is 14.1. The summed E-state index contributed by atoms with van der Waals surface area (Å²) in [6.45, 7) is 3.60. The fourth-order valence-corrected chi connectivity index (χ4v) is 7.13. The van der Waals surface area contributed by atoms with Crippen LogP contribution in [0, 0.1) is 3.57 Å². The summed E-state index contributed by atoms with van der Waals surface area (Å²) < 4.78 is 20.1. The van der Waals surface area contributed by atoms with Gasteiger partial charge in [-0.25, -0.2) is 9.79 Å². The van der Waals surface area contributed by atoms with Gasteiger partial charge in [0.15, 0.2) is 16.3 Å². The molecule has 1 aliphatic rings. The number of aromatic hydroxyl groups is 1. The van der Waals surface area contributed by atoms with Crippen LogP contribution in [0.4, 0.5) is 0 Å². The van der Waals surface area contributed by atoms with Crippen LogP contribution in [0.3, 0.4) is 0 Å². The van der Waals surface area contributed by atoms with Gasteiger partial charge in [0.1, 0.15) is 5.75 Å². The zero-order chi connectivity index (χ0) is 27.0. The van der Waals surface area contributed by atoms with Crippen LogP contribution in [0.15, 0.2) is 54.3 Å². The van der Waals surface area contributed by atoms with Gasteiger partial charge in [-0.3, -0.25) is 9.36 Å². The number of carbonyl (C=O) groups excluding carboxylic acids is 1. The number of carbonyl (C=O) groups is 1. The second kappa shape index (κ2) is 11.3. The molecule has 1 aliphatic heterocycles. The van der Waals surface area contributed by atoms with Crippen LogP contribution in [-0.2, 0) is 9.53 Å². The van der Waals surface area contributed by atoms with Crippen molar-refractivity contribution in [2.45, 2.75) is 19.9 Å². The summed E-state index contributed by atoms with van der Waals surface area (Å²) in [7, 11) is 3.04. The largest absolute Gasteiger partial charge is 0.506 e. The number of fused-ring (bicyclic) bond motifs is 1. The van der Waals surface area contributed by atoms with Crippen LogP contribution < -0.4 is 24.4 Å². The van der Waals surface area contributed by atoms with Gasteiger partial charge >= 0.3 is 5.97 Å². The summed E-state index contributed by atoms with van der Waals surface area (Å²) >= 11 is 10.2. The Morgan fingerprint density at radius 2 is 1.89 bits per heavy atom. The average molecular weight is 764 g/mol. The summed E-state index contributed by atoms with van der Waals surface area (Å²) in [5.74, 6) is 0.430. The van der Waals surface area contributed by atoms with Gasteiger partial charge in [0.05, 0.1) is 46.2 Å². The first-order valence-corrected chi connectivity index (χ1v) is 14.4. The smallest absolute Gasteiger partial charge is 0.338 e. The van der Waals surface area contributed by atoms with Gasteiger partial charge in [-0.2, -0.15) is 0 Å². The van der Waals surface area contributed by atoms with Crippen molar-refractivity contribution in [1.82, 2.24) is 4.57 Å². The van der Waals surface area contributed by atoms with Gasteiger partial charge in [0.25, 0.3) is 5.56 Å². The third kappa shape index (κ3) is 5.25. The lowest BCUT2D eigenvalue weighted by Gasteiger charge is -2.26. The highest BCUT2D eigenvalue weighted by Gasteiger charge is 2.35. The number of phenols is 1. The molecule has 0 aliphatic carbocycles. The van der Waals surface area contributed by atoms with E-state index in [0.717, 1.165) is 4.47 Å². The third-order valence-corrected chi connectivity index (χ3v) is 8.61. The Morgan fingerprint density at radius 1 is 1.22 bits per heavy atom. The molecule has 8 nitrogen and oxygen atoms in total. The molecule has 2 heterocycles. The molecule has 0 saturated heterocycles. The number of ether oxygens (including phenoxy) is 3. The SMILES string of the molecule is CCOC(=O)C1=C(C)N=c2s/c(=C\c3cc(Br)cc(I)c3O)c(=O)n2[C@@H]1c1cc(OC)c(OC)cc1Br. The lowest BCUT2D eigenvalue weighted by Crippen LogP contribution is -2.40. The van der Waals surface area contributed by atoms with Crippen molar-refractivity contribution in [3.8, 4) is 17.2 Å². The maximum absolute atomic E-state index is 13.8. The van der Waals surface area contributed by atoms with Gasteiger partial charge in [-0.15, -0.1) is 0 Å². The fourth-order valence-electron chi connectivity index (χ4n) is 4.00. The molecule has 37 heavy (non-hydrogen) atoms. The van der Waals surface area contributed by atoms with Gasteiger partial charge in [-0.1, -0.05) is 43.2 Å². The Balaban J connectivity index is 2.04. The third-order valence-electron chi connectivity index (χ3n) is 5.66. The molecule has 194 valence electrons. The van der Waals surface area contributed by atoms with Crippen LogP contribution in [0.1, 0.15) is 31.0 Å². The molecule has 2 aromatic carbocycles. The molecule has 12 heteroatoms. The summed E-state index contributed by atoms with van der Waals surface area (Å²) in [5.41, 5.74) is 1.40. The molecule has 0 bridgehead atoms. The Labute approximate surface area is 246 Å². The summed E-state index contributed by atoms with van der Waals surface area (Å²) in [5, 5.41) is 10.6. The minimum absolute atomic E-state index is 0.0669.